The van der Waals surface area contributed by atoms with E-state index in [1.165, 1.54) is 36.5 Å². The molecule has 142 valence electrons. The topological polar surface area (TPSA) is 96.3 Å². The van der Waals surface area contributed by atoms with E-state index in [0.717, 1.165) is 0 Å². The van der Waals surface area contributed by atoms with Crippen LogP contribution in [0.25, 0.3) is 0 Å². The zero-order chi connectivity index (χ0) is 19.6. The number of ketones is 1. The summed E-state index contributed by atoms with van der Waals surface area (Å²) in [5, 5.41) is 22.1. The van der Waals surface area contributed by atoms with Gasteiger partial charge in [-0.3, -0.25) is 9.59 Å². The maximum Gasteiger partial charge on any atom is 0.290 e. The molecule has 1 aromatic carbocycles. The largest absolute Gasteiger partial charge is 0.504 e. The van der Waals surface area contributed by atoms with Gasteiger partial charge in [-0.2, -0.15) is 0 Å². The number of amides is 1. The van der Waals surface area contributed by atoms with Gasteiger partial charge in [0.25, 0.3) is 5.91 Å². The van der Waals surface area contributed by atoms with E-state index in [4.69, 9.17) is 9.47 Å². The van der Waals surface area contributed by atoms with Gasteiger partial charge >= 0.3 is 0 Å². The SMILES string of the molecule is COCCN1C(=O)C(O)=C(C(=O)c2cccs2)[C@@H]1c1ccc(O)c(OC)c1. The van der Waals surface area contributed by atoms with Crippen LogP contribution in [0.4, 0.5) is 0 Å². The normalized spacial score (nSPS) is 16.9. The van der Waals surface area contributed by atoms with Gasteiger partial charge in [0.15, 0.2) is 17.3 Å². The molecule has 0 fully saturated rings. The number of nitrogens with zero attached hydrogens (tertiary/aromatic N) is 1. The number of hydrogen-bond donors (Lipinski definition) is 2. The number of benzene rings is 1. The molecule has 0 unspecified atom stereocenters. The van der Waals surface area contributed by atoms with Crippen molar-refractivity contribution in [3.05, 3.63) is 57.5 Å². The maximum atomic E-state index is 13.0. The molecule has 1 aliphatic rings. The molecule has 0 radical (unpaired) electrons. The number of phenols is 1. The summed E-state index contributed by atoms with van der Waals surface area (Å²) in [7, 11) is 2.91. The molecule has 0 saturated heterocycles. The van der Waals surface area contributed by atoms with Gasteiger partial charge in [-0.05, 0) is 29.1 Å². The monoisotopic (exact) mass is 389 g/mol. The fourth-order valence-corrected chi connectivity index (χ4v) is 3.74. The lowest BCUT2D eigenvalue weighted by Crippen LogP contribution is -2.34. The number of aliphatic hydroxyl groups excluding tert-OH is 1. The van der Waals surface area contributed by atoms with E-state index in [-0.39, 0.29) is 30.2 Å². The Morgan fingerprint density at radius 1 is 1.26 bits per heavy atom. The number of phenolic OH excluding ortho intramolecular Hbond substituents is 1. The third kappa shape index (κ3) is 3.41. The number of Topliss-reactive ketones (excluding diaryl/α,β-unsaturated/α-hetero) is 1. The van der Waals surface area contributed by atoms with E-state index in [1.807, 2.05) is 0 Å². The highest BCUT2D eigenvalue weighted by Gasteiger charge is 2.44. The van der Waals surface area contributed by atoms with Crippen molar-refractivity contribution in [2.75, 3.05) is 27.4 Å². The van der Waals surface area contributed by atoms with Crippen LogP contribution in [-0.4, -0.2) is 54.2 Å². The van der Waals surface area contributed by atoms with E-state index < -0.39 is 23.5 Å². The van der Waals surface area contributed by atoms with Gasteiger partial charge in [0.05, 0.1) is 30.2 Å². The minimum absolute atomic E-state index is 0.00583. The van der Waals surface area contributed by atoms with Crippen molar-refractivity contribution < 1.29 is 29.3 Å². The Morgan fingerprint density at radius 2 is 2.04 bits per heavy atom. The molecular formula is C19H19NO6S. The van der Waals surface area contributed by atoms with Crippen LogP contribution in [0.3, 0.4) is 0 Å². The van der Waals surface area contributed by atoms with Gasteiger partial charge in [0.2, 0.25) is 5.78 Å². The Balaban J connectivity index is 2.11. The number of methoxy groups -OCH3 is 2. The molecule has 1 aromatic heterocycles. The lowest BCUT2D eigenvalue weighted by molar-refractivity contribution is -0.130. The highest BCUT2D eigenvalue weighted by atomic mass is 32.1. The molecule has 0 saturated carbocycles. The summed E-state index contributed by atoms with van der Waals surface area (Å²) in [6.07, 6.45) is 0. The van der Waals surface area contributed by atoms with Crippen LogP contribution in [0.2, 0.25) is 0 Å². The molecule has 0 aliphatic carbocycles. The van der Waals surface area contributed by atoms with Crippen LogP contribution in [0.1, 0.15) is 21.3 Å². The van der Waals surface area contributed by atoms with Gasteiger partial charge in [0.1, 0.15) is 0 Å². The first-order valence-corrected chi connectivity index (χ1v) is 9.05. The molecule has 1 atom stereocenters. The molecule has 7 nitrogen and oxygen atoms in total. The Morgan fingerprint density at radius 3 is 2.67 bits per heavy atom. The highest BCUT2D eigenvalue weighted by molar-refractivity contribution is 7.12. The van der Waals surface area contributed by atoms with Gasteiger partial charge in [-0.15, -0.1) is 11.3 Å². The van der Waals surface area contributed by atoms with E-state index in [2.05, 4.69) is 0 Å². The van der Waals surface area contributed by atoms with E-state index in [9.17, 15) is 19.8 Å². The van der Waals surface area contributed by atoms with Crippen LogP contribution in [-0.2, 0) is 9.53 Å². The molecule has 2 heterocycles. The number of thiophene rings is 1. The summed E-state index contributed by atoms with van der Waals surface area (Å²) in [6.45, 7) is 0.430. The molecule has 2 N–H and O–H groups in total. The number of carbonyl (C=O) groups is 2. The Labute approximate surface area is 160 Å². The summed E-state index contributed by atoms with van der Waals surface area (Å²) in [4.78, 5) is 27.4. The molecule has 1 amide bonds. The second-order valence-corrected chi connectivity index (χ2v) is 6.84. The quantitative estimate of drug-likeness (QED) is 0.707. The first kappa shape index (κ1) is 18.9. The fraction of sp³-hybridized carbons (Fsp3) is 0.263. The summed E-state index contributed by atoms with van der Waals surface area (Å²) in [6, 6.07) is 7.13. The van der Waals surface area contributed by atoms with Gasteiger partial charge < -0.3 is 24.6 Å². The molecule has 3 rings (SSSR count). The van der Waals surface area contributed by atoms with Gasteiger partial charge in [0, 0.05) is 13.7 Å². The molecule has 2 aromatic rings. The zero-order valence-electron chi connectivity index (χ0n) is 14.8. The van der Waals surface area contributed by atoms with Crippen molar-refractivity contribution in [3.63, 3.8) is 0 Å². The summed E-state index contributed by atoms with van der Waals surface area (Å²) >= 11 is 1.23. The first-order valence-electron chi connectivity index (χ1n) is 8.17. The number of rotatable bonds is 7. The number of ether oxygens (including phenoxy) is 2. The second kappa shape index (κ2) is 7.81. The van der Waals surface area contributed by atoms with Crippen LogP contribution in [0.5, 0.6) is 11.5 Å². The first-order chi connectivity index (χ1) is 13.0. The Kier molecular flexibility index (Phi) is 5.48. The standard InChI is InChI=1S/C19H19NO6S/c1-25-8-7-20-16(11-5-6-12(21)13(10-11)26-2)15(18(23)19(20)24)17(22)14-4-3-9-27-14/h3-6,9-10,16,21,23H,7-8H2,1-2H3/t16-/m0/s1. The summed E-state index contributed by atoms with van der Waals surface area (Å²) in [5.74, 6) is -1.47. The smallest absolute Gasteiger partial charge is 0.290 e. The fourth-order valence-electron chi connectivity index (χ4n) is 3.06. The second-order valence-electron chi connectivity index (χ2n) is 5.89. The average molecular weight is 389 g/mol. The van der Waals surface area contributed by atoms with Crippen molar-refractivity contribution in [2.45, 2.75) is 6.04 Å². The third-order valence-corrected chi connectivity index (χ3v) is 5.22. The molecule has 27 heavy (non-hydrogen) atoms. The Bertz CT molecular complexity index is 890. The van der Waals surface area contributed by atoms with Crippen LogP contribution in [0, 0.1) is 0 Å². The lowest BCUT2D eigenvalue weighted by Gasteiger charge is -2.26. The average Bonchev–Trinajstić information content (AvgIpc) is 3.28. The van der Waals surface area contributed by atoms with Crippen LogP contribution < -0.4 is 4.74 Å². The van der Waals surface area contributed by atoms with E-state index in [0.29, 0.717) is 10.4 Å². The molecular weight excluding hydrogens is 370 g/mol. The van der Waals surface area contributed by atoms with Crippen molar-refractivity contribution in [3.8, 4) is 11.5 Å². The van der Waals surface area contributed by atoms with Gasteiger partial charge in [-0.25, -0.2) is 0 Å². The number of carbonyl (C=O) groups excluding carboxylic acids is 2. The maximum absolute atomic E-state index is 13.0. The summed E-state index contributed by atoms with van der Waals surface area (Å²) in [5.41, 5.74) is 0.546. The molecule has 0 spiro atoms. The number of hydrogen-bond acceptors (Lipinski definition) is 7. The molecule has 1 aliphatic heterocycles. The minimum Gasteiger partial charge on any atom is -0.504 e. The van der Waals surface area contributed by atoms with Gasteiger partial charge in [-0.1, -0.05) is 12.1 Å². The van der Waals surface area contributed by atoms with Crippen molar-refractivity contribution in [1.29, 1.82) is 0 Å². The molecule has 0 bridgehead atoms. The predicted octanol–water partition coefficient (Wildman–Crippen LogP) is 2.69. The lowest BCUT2D eigenvalue weighted by atomic mass is 9.95. The number of aromatic hydroxyl groups is 1. The summed E-state index contributed by atoms with van der Waals surface area (Å²) < 4.78 is 10.2. The van der Waals surface area contributed by atoms with Crippen molar-refractivity contribution in [2.24, 2.45) is 0 Å². The van der Waals surface area contributed by atoms with E-state index in [1.54, 1.807) is 29.6 Å². The van der Waals surface area contributed by atoms with Crippen molar-refractivity contribution in [1.82, 2.24) is 4.90 Å². The van der Waals surface area contributed by atoms with Crippen LogP contribution in [0.15, 0.2) is 47.0 Å². The zero-order valence-corrected chi connectivity index (χ0v) is 15.7. The van der Waals surface area contributed by atoms with Crippen molar-refractivity contribution >= 4 is 23.0 Å². The predicted molar refractivity (Wildman–Crippen MR) is 99.3 cm³/mol. The minimum atomic E-state index is -0.809. The Hall–Kier alpha value is -2.84. The number of aliphatic hydroxyl groups is 1. The third-order valence-electron chi connectivity index (χ3n) is 4.35. The van der Waals surface area contributed by atoms with E-state index >= 15 is 0 Å². The highest BCUT2D eigenvalue weighted by Crippen LogP contribution is 2.41. The van der Waals surface area contributed by atoms with Crippen LogP contribution >= 0.6 is 11.3 Å². The molecule has 8 heteroatoms.